The van der Waals surface area contributed by atoms with Gasteiger partial charge in [-0.15, -0.1) is 16.6 Å². The maximum atomic E-state index is 13.6. The number of hydrogen-bond donors (Lipinski definition) is 0. The molecule has 6 nitrogen and oxygen atoms in total. The van der Waals surface area contributed by atoms with Crippen molar-refractivity contribution < 1.29 is 18.3 Å². The Morgan fingerprint density at radius 3 is 2.96 bits per heavy atom. The van der Waals surface area contributed by atoms with Crippen LogP contribution in [0.4, 0.5) is 8.78 Å². The van der Waals surface area contributed by atoms with Gasteiger partial charge in [0.25, 0.3) is 5.91 Å². The molecule has 2 heterocycles. The second-order valence-corrected chi connectivity index (χ2v) is 5.46. The Morgan fingerprint density at radius 2 is 2.22 bits per heavy atom. The third kappa shape index (κ3) is 2.98. The first kappa shape index (κ1) is 15.3. The van der Waals surface area contributed by atoms with Gasteiger partial charge in [-0.3, -0.25) is 4.79 Å². The standard InChI is InChI=1S/C14H10F2N4O2S/c1-2-5-19-13(21)8-23-14-18-17-12(20(14)19)7-22-11-4-3-9(15)6-10(11)16/h1,3-4,6H,5,7-8H2. The molecule has 3 rings (SSSR count). The molecule has 118 valence electrons. The summed E-state index contributed by atoms with van der Waals surface area (Å²) in [5, 5.41) is 9.71. The summed E-state index contributed by atoms with van der Waals surface area (Å²) in [4.78, 5) is 12.0. The number of hydrogen-bond acceptors (Lipinski definition) is 5. The molecule has 0 fully saturated rings. The Kier molecular flexibility index (Phi) is 4.16. The van der Waals surface area contributed by atoms with E-state index in [9.17, 15) is 13.6 Å². The molecule has 0 radical (unpaired) electrons. The molecule has 2 aromatic rings. The summed E-state index contributed by atoms with van der Waals surface area (Å²) in [7, 11) is 0. The van der Waals surface area contributed by atoms with E-state index in [0.717, 1.165) is 12.1 Å². The van der Waals surface area contributed by atoms with E-state index in [0.29, 0.717) is 11.0 Å². The van der Waals surface area contributed by atoms with E-state index in [2.05, 4.69) is 16.1 Å². The predicted octanol–water partition coefficient (Wildman–Crippen LogP) is 1.34. The highest BCUT2D eigenvalue weighted by Gasteiger charge is 2.28. The fourth-order valence-electron chi connectivity index (χ4n) is 2.01. The maximum Gasteiger partial charge on any atom is 0.252 e. The molecule has 0 spiro atoms. The first-order valence-corrected chi connectivity index (χ1v) is 7.47. The van der Waals surface area contributed by atoms with Crippen molar-refractivity contribution in [3.05, 3.63) is 35.7 Å². The van der Waals surface area contributed by atoms with Crippen LogP contribution in [0.15, 0.2) is 23.4 Å². The Balaban J connectivity index is 1.83. The summed E-state index contributed by atoms with van der Waals surface area (Å²) in [6.45, 7) is -0.0905. The van der Waals surface area contributed by atoms with Crippen molar-refractivity contribution >= 4 is 17.7 Å². The van der Waals surface area contributed by atoms with Crippen molar-refractivity contribution in [2.75, 3.05) is 17.3 Å². The van der Waals surface area contributed by atoms with Crippen molar-refractivity contribution in [3.63, 3.8) is 0 Å². The molecule has 1 aliphatic rings. The van der Waals surface area contributed by atoms with Gasteiger partial charge in [-0.1, -0.05) is 17.7 Å². The average molecular weight is 336 g/mol. The van der Waals surface area contributed by atoms with Gasteiger partial charge in [0, 0.05) is 6.07 Å². The third-order valence-corrected chi connectivity index (χ3v) is 3.93. The van der Waals surface area contributed by atoms with Gasteiger partial charge in [0.15, 0.2) is 17.4 Å². The summed E-state index contributed by atoms with van der Waals surface area (Å²) < 4.78 is 33.2. The molecule has 9 heteroatoms. The number of terminal acetylenes is 1. The monoisotopic (exact) mass is 336 g/mol. The normalized spacial score (nSPS) is 13.6. The second-order valence-electron chi connectivity index (χ2n) is 4.52. The van der Waals surface area contributed by atoms with Gasteiger partial charge in [0.2, 0.25) is 5.16 Å². The van der Waals surface area contributed by atoms with Gasteiger partial charge < -0.3 is 4.74 Å². The number of rotatable bonds is 4. The molecule has 1 aliphatic heterocycles. The minimum Gasteiger partial charge on any atom is -0.482 e. The molecule has 23 heavy (non-hydrogen) atoms. The number of amides is 1. The zero-order chi connectivity index (χ0) is 16.4. The second kappa shape index (κ2) is 6.26. The number of nitrogens with zero attached hydrogens (tertiary/aromatic N) is 4. The van der Waals surface area contributed by atoms with Crippen molar-refractivity contribution in [3.8, 4) is 18.1 Å². The first-order chi connectivity index (χ1) is 11.1. The van der Waals surface area contributed by atoms with E-state index in [4.69, 9.17) is 11.2 Å². The molecule has 0 bridgehead atoms. The maximum absolute atomic E-state index is 13.6. The minimum absolute atomic E-state index is 0.0579. The Bertz CT molecular complexity index is 803. The minimum atomic E-state index is -0.825. The molecule has 1 aromatic carbocycles. The largest absolute Gasteiger partial charge is 0.482 e. The molecule has 0 unspecified atom stereocenters. The number of fused-ring (bicyclic) bond motifs is 1. The fourth-order valence-corrected chi connectivity index (χ4v) is 2.84. The van der Waals surface area contributed by atoms with Crippen LogP contribution in [0.1, 0.15) is 5.82 Å². The number of aromatic nitrogens is 3. The highest BCUT2D eigenvalue weighted by molar-refractivity contribution is 7.99. The van der Waals surface area contributed by atoms with Gasteiger partial charge >= 0.3 is 0 Å². The lowest BCUT2D eigenvalue weighted by Crippen LogP contribution is -2.46. The lowest BCUT2D eigenvalue weighted by Gasteiger charge is -2.27. The highest BCUT2D eigenvalue weighted by atomic mass is 32.2. The van der Waals surface area contributed by atoms with Crippen molar-refractivity contribution in [2.45, 2.75) is 11.8 Å². The Morgan fingerprint density at radius 1 is 1.39 bits per heavy atom. The zero-order valence-electron chi connectivity index (χ0n) is 11.7. The third-order valence-electron chi connectivity index (χ3n) is 3.02. The Labute approximate surface area is 134 Å². The molecule has 0 N–H and O–H groups in total. The lowest BCUT2D eigenvalue weighted by molar-refractivity contribution is -0.117. The molecular formula is C14H10F2N4O2S. The number of thioether (sulfide) groups is 1. The first-order valence-electron chi connectivity index (χ1n) is 6.49. The van der Waals surface area contributed by atoms with Gasteiger partial charge in [0.05, 0.1) is 5.75 Å². The van der Waals surface area contributed by atoms with E-state index in [-0.39, 0.29) is 30.6 Å². The van der Waals surface area contributed by atoms with E-state index < -0.39 is 11.6 Å². The van der Waals surface area contributed by atoms with Gasteiger partial charge in [-0.25, -0.2) is 18.5 Å². The van der Waals surface area contributed by atoms with Crippen LogP contribution < -0.4 is 9.75 Å². The number of halogens is 2. The van der Waals surface area contributed by atoms with Gasteiger partial charge in [-0.05, 0) is 12.1 Å². The molecular weight excluding hydrogens is 326 g/mol. The van der Waals surface area contributed by atoms with E-state index >= 15 is 0 Å². The number of ether oxygens (including phenoxy) is 1. The fraction of sp³-hybridized carbons (Fsp3) is 0.214. The SMILES string of the molecule is C#CCN1C(=O)CSc2nnc(COc3ccc(F)cc3F)n21. The van der Waals surface area contributed by atoms with Crippen LogP contribution in [-0.4, -0.2) is 33.1 Å². The van der Waals surface area contributed by atoms with Crippen LogP contribution >= 0.6 is 11.8 Å². The van der Waals surface area contributed by atoms with Gasteiger partial charge in [0.1, 0.15) is 19.0 Å². The van der Waals surface area contributed by atoms with Crippen LogP contribution in [0.2, 0.25) is 0 Å². The summed E-state index contributed by atoms with van der Waals surface area (Å²) in [5.41, 5.74) is 0. The van der Waals surface area contributed by atoms with Crippen LogP contribution in [0.3, 0.4) is 0 Å². The van der Waals surface area contributed by atoms with Crippen LogP contribution in [0.25, 0.3) is 0 Å². The van der Waals surface area contributed by atoms with Crippen molar-refractivity contribution in [2.24, 2.45) is 0 Å². The van der Waals surface area contributed by atoms with E-state index in [1.165, 1.54) is 27.5 Å². The molecule has 0 saturated heterocycles. The smallest absolute Gasteiger partial charge is 0.252 e. The summed E-state index contributed by atoms with van der Waals surface area (Å²) in [6, 6.07) is 2.98. The van der Waals surface area contributed by atoms with E-state index in [1.807, 2.05) is 0 Å². The molecule has 1 amide bonds. The number of carbonyl (C=O) groups is 1. The average Bonchev–Trinajstić information content (AvgIpc) is 2.93. The summed E-state index contributed by atoms with van der Waals surface area (Å²) in [5.74, 6) is 1.07. The zero-order valence-corrected chi connectivity index (χ0v) is 12.5. The van der Waals surface area contributed by atoms with Gasteiger partial charge in [-0.2, -0.15) is 0 Å². The summed E-state index contributed by atoms with van der Waals surface area (Å²) in [6.07, 6.45) is 5.28. The highest BCUT2D eigenvalue weighted by Crippen LogP contribution is 2.24. The predicted molar refractivity (Wildman–Crippen MR) is 78.4 cm³/mol. The Hall–Kier alpha value is -2.60. The molecule has 0 saturated carbocycles. The quantitative estimate of drug-likeness (QED) is 0.789. The van der Waals surface area contributed by atoms with Crippen LogP contribution in [0, 0.1) is 24.0 Å². The van der Waals surface area contributed by atoms with Crippen molar-refractivity contribution in [1.82, 2.24) is 14.9 Å². The molecule has 1 aromatic heterocycles. The van der Waals surface area contributed by atoms with Crippen molar-refractivity contribution in [1.29, 1.82) is 0 Å². The summed E-state index contributed by atoms with van der Waals surface area (Å²) >= 11 is 1.22. The number of carbonyl (C=O) groups excluding carboxylic acids is 1. The topological polar surface area (TPSA) is 60.3 Å². The van der Waals surface area contributed by atoms with Crippen LogP contribution in [0.5, 0.6) is 5.75 Å². The van der Waals surface area contributed by atoms with E-state index in [1.54, 1.807) is 0 Å². The molecule has 0 aliphatic carbocycles. The van der Waals surface area contributed by atoms with Crippen LogP contribution in [-0.2, 0) is 11.4 Å². The lowest BCUT2D eigenvalue weighted by atomic mass is 10.3. The number of benzene rings is 1. The molecule has 0 atom stereocenters.